The molecule has 2 aromatic carbocycles. The lowest BCUT2D eigenvalue weighted by Gasteiger charge is -2.28. The van der Waals surface area contributed by atoms with Crippen molar-refractivity contribution in [2.24, 2.45) is 5.92 Å². The van der Waals surface area contributed by atoms with Crippen LogP contribution < -0.4 is 5.32 Å². The Labute approximate surface area is 269 Å². The van der Waals surface area contributed by atoms with Crippen LogP contribution in [0, 0.1) is 5.92 Å². The number of amides is 7. The molecule has 14 heteroatoms. The van der Waals surface area contributed by atoms with Crippen LogP contribution in [0.5, 0.6) is 0 Å². The van der Waals surface area contributed by atoms with Gasteiger partial charge >= 0.3 is 18.0 Å². The van der Waals surface area contributed by atoms with E-state index in [1.807, 2.05) is 12.1 Å². The summed E-state index contributed by atoms with van der Waals surface area (Å²) in [7, 11) is 0. The summed E-state index contributed by atoms with van der Waals surface area (Å²) < 4.78 is 0. The predicted molar refractivity (Wildman–Crippen MR) is 159 cm³/mol. The van der Waals surface area contributed by atoms with E-state index >= 15 is 0 Å². The zero-order chi connectivity index (χ0) is 33.6. The molecule has 3 heterocycles. The van der Waals surface area contributed by atoms with E-state index in [0.29, 0.717) is 46.9 Å². The Morgan fingerprint density at radius 2 is 1.17 bits per heavy atom. The summed E-state index contributed by atoms with van der Waals surface area (Å²) in [5, 5.41) is 3.67. The first-order valence-electron chi connectivity index (χ1n) is 15.5. The molecule has 0 aliphatic carbocycles. The highest BCUT2D eigenvalue weighted by Gasteiger charge is 2.53. The van der Waals surface area contributed by atoms with Crippen LogP contribution in [-0.2, 0) is 48.8 Å². The van der Waals surface area contributed by atoms with Gasteiger partial charge in [0, 0.05) is 32.2 Å². The highest BCUT2D eigenvalue weighted by Crippen LogP contribution is 2.36. The Morgan fingerprint density at radius 1 is 0.681 bits per heavy atom. The molecule has 5 rings (SSSR count). The summed E-state index contributed by atoms with van der Waals surface area (Å²) in [5.41, 5.74) is -0.0805. The van der Waals surface area contributed by atoms with Crippen LogP contribution in [0.15, 0.2) is 60.7 Å². The highest BCUT2D eigenvalue weighted by atomic mass is 16.7. The Hall–Kier alpha value is -5.40. The average Bonchev–Trinajstić information content (AvgIpc) is 3.66. The van der Waals surface area contributed by atoms with Crippen LogP contribution in [-0.4, -0.2) is 69.1 Å². The molecule has 1 N–H and O–H groups in total. The van der Waals surface area contributed by atoms with Gasteiger partial charge in [-0.25, -0.2) is 14.4 Å². The Balaban J connectivity index is 1.16. The second-order valence-corrected chi connectivity index (χ2v) is 11.5. The third kappa shape index (κ3) is 7.05. The number of unbranched alkanes of at least 4 members (excludes halogenated alkanes) is 3. The van der Waals surface area contributed by atoms with Crippen molar-refractivity contribution in [1.29, 1.82) is 0 Å². The summed E-state index contributed by atoms with van der Waals surface area (Å²) in [6, 6.07) is 17.5. The third-order valence-corrected chi connectivity index (χ3v) is 8.34. The van der Waals surface area contributed by atoms with Gasteiger partial charge in [-0.1, -0.05) is 79.9 Å². The van der Waals surface area contributed by atoms with Crippen LogP contribution in [0.2, 0.25) is 0 Å². The molecule has 0 aromatic heterocycles. The number of hydrogen-bond acceptors (Lipinski definition) is 10. The third-order valence-electron chi connectivity index (χ3n) is 8.34. The largest absolute Gasteiger partial charge is 0.336 e. The summed E-state index contributed by atoms with van der Waals surface area (Å²) in [6.07, 6.45) is 1.10. The molecule has 47 heavy (non-hydrogen) atoms. The van der Waals surface area contributed by atoms with Gasteiger partial charge in [0.15, 0.2) is 5.54 Å². The van der Waals surface area contributed by atoms with Crippen molar-refractivity contribution in [3.63, 3.8) is 0 Å². The molecule has 7 amide bonds. The lowest BCUT2D eigenvalue weighted by atomic mass is 9.82. The van der Waals surface area contributed by atoms with Gasteiger partial charge in [0.25, 0.3) is 29.5 Å². The van der Waals surface area contributed by atoms with Gasteiger partial charge in [-0.2, -0.15) is 0 Å². The number of nitrogens with zero attached hydrogens (tertiary/aromatic N) is 3. The first kappa shape index (κ1) is 33.0. The van der Waals surface area contributed by atoms with Gasteiger partial charge in [-0.3, -0.25) is 28.9 Å². The van der Waals surface area contributed by atoms with E-state index < -0.39 is 59.5 Å². The van der Waals surface area contributed by atoms with Crippen molar-refractivity contribution in [3.05, 3.63) is 71.8 Å². The number of imide groups is 3. The van der Waals surface area contributed by atoms with Crippen LogP contribution in [0.4, 0.5) is 4.79 Å². The maximum absolute atomic E-state index is 13.8. The molecule has 3 aliphatic rings. The number of benzene rings is 2. The summed E-state index contributed by atoms with van der Waals surface area (Å²) in [6.45, 7) is 0.154. The van der Waals surface area contributed by atoms with E-state index in [1.54, 1.807) is 48.5 Å². The summed E-state index contributed by atoms with van der Waals surface area (Å²) >= 11 is 0. The second kappa shape index (κ2) is 14.4. The van der Waals surface area contributed by atoms with Gasteiger partial charge in [0.2, 0.25) is 0 Å². The molecule has 0 saturated carbocycles. The van der Waals surface area contributed by atoms with Crippen molar-refractivity contribution < 1.29 is 48.0 Å². The van der Waals surface area contributed by atoms with Gasteiger partial charge < -0.3 is 15.0 Å². The van der Waals surface area contributed by atoms with Gasteiger partial charge in [0.05, 0.1) is 12.3 Å². The average molecular weight is 647 g/mol. The molecule has 3 fully saturated rings. The van der Waals surface area contributed by atoms with Crippen LogP contribution in [0.3, 0.4) is 0 Å². The molecule has 3 saturated heterocycles. The van der Waals surface area contributed by atoms with Gasteiger partial charge in [-0.15, -0.1) is 10.1 Å². The summed E-state index contributed by atoms with van der Waals surface area (Å²) in [5.74, 6) is -6.25. The molecule has 2 aromatic rings. The fourth-order valence-corrected chi connectivity index (χ4v) is 5.85. The molecule has 0 bridgehead atoms. The number of urea groups is 1. The zero-order valence-corrected chi connectivity index (χ0v) is 25.6. The summed E-state index contributed by atoms with van der Waals surface area (Å²) in [4.78, 5) is 111. The lowest BCUT2D eigenvalue weighted by molar-refractivity contribution is -0.205. The van der Waals surface area contributed by atoms with Gasteiger partial charge in [-0.05, 0) is 24.0 Å². The lowest BCUT2D eigenvalue weighted by Crippen LogP contribution is -2.45. The maximum Gasteiger partial charge on any atom is 0.336 e. The minimum Gasteiger partial charge on any atom is -0.330 e. The van der Waals surface area contributed by atoms with Crippen LogP contribution in [0.1, 0.15) is 75.3 Å². The Morgan fingerprint density at radius 3 is 1.70 bits per heavy atom. The topological polar surface area (TPSA) is 177 Å². The smallest absolute Gasteiger partial charge is 0.330 e. The SMILES string of the molecule is O=C(CC(CCCCCCN1C(=O)NC(c2ccccc2)(c2ccccc2)C1=O)C(=O)ON1C(=O)CCC1=O)ON1C(=O)CCC1=O. The van der Waals surface area contributed by atoms with E-state index in [9.17, 15) is 38.4 Å². The molecule has 1 atom stereocenters. The van der Waals surface area contributed by atoms with Crippen molar-refractivity contribution in [3.8, 4) is 0 Å². The predicted octanol–water partition coefficient (Wildman–Crippen LogP) is 2.65. The Kier molecular flexibility index (Phi) is 10.1. The van der Waals surface area contributed by atoms with Crippen molar-refractivity contribution in [1.82, 2.24) is 20.3 Å². The molecule has 14 nitrogen and oxygen atoms in total. The molecule has 0 spiro atoms. The quantitative estimate of drug-likeness (QED) is 0.182. The highest BCUT2D eigenvalue weighted by molar-refractivity contribution is 6.09. The van der Waals surface area contributed by atoms with Crippen LogP contribution in [0.25, 0.3) is 0 Å². The van der Waals surface area contributed by atoms with Crippen LogP contribution >= 0.6 is 0 Å². The van der Waals surface area contributed by atoms with E-state index in [2.05, 4.69) is 5.32 Å². The van der Waals surface area contributed by atoms with Gasteiger partial charge in [0.1, 0.15) is 0 Å². The first-order chi connectivity index (χ1) is 22.6. The standard InChI is InChI=1S/C33H34N4O10/c38-25-16-17-26(39)36(25)46-29(42)21-22(30(43)47-37-27(40)18-19-28(37)41)11-5-1-2-10-20-35-31(44)33(34-32(35)45,23-12-6-3-7-13-23)24-14-8-4-9-15-24/h3-4,6-9,12-15,22H,1-2,5,10-11,16-21H2,(H,34,45). The maximum atomic E-state index is 13.8. The van der Waals surface area contributed by atoms with E-state index in [0.717, 1.165) is 0 Å². The number of carbonyl (C=O) groups excluding carboxylic acids is 8. The second-order valence-electron chi connectivity index (χ2n) is 11.5. The number of carbonyl (C=O) groups is 8. The molecule has 1 unspecified atom stereocenters. The first-order valence-corrected chi connectivity index (χ1v) is 15.5. The number of hydrogen-bond donors (Lipinski definition) is 1. The molecule has 3 aliphatic heterocycles. The molecule has 246 valence electrons. The van der Waals surface area contributed by atoms with E-state index in [1.165, 1.54) is 4.90 Å². The van der Waals surface area contributed by atoms with E-state index in [4.69, 9.17) is 9.68 Å². The minimum absolute atomic E-state index is 0.0963. The number of nitrogens with one attached hydrogen (secondary N) is 1. The molecule has 0 radical (unpaired) electrons. The fourth-order valence-electron chi connectivity index (χ4n) is 5.85. The molecular weight excluding hydrogens is 612 g/mol. The fraction of sp³-hybridized carbons (Fsp3) is 0.394. The number of rotatable bonds is 14. The number of hydroxylamine groups is 4. The van der Waals surface area contributed by atoms with Crippen molar-refractivity contribution in [2.45, 2.75) is 69.7 Å². The zero-order valence-electron chi connectivity index (χ0n) is 25.6. The van der Waals surface area contributed by atoms with Crippen molar-refractivity contribution in [2.75, 3.05) is 6.54 Å². The van der Waals surface area contributed by atoms with E-state index in [-0.39, 0.29) is 44.6 Å². The minimum atomic E-state index is -1.36. The normalized spacial score (nSPS) is 18.2. The Bertz CT molecular complexity index is 1510. The molecular formula is C33H34N4O10. The monoisotopic (exact) mass is 646 g/mol. The van der Waals surface area contributed by atoms with Crippen molar-refractivity contribution >= 4 is 47.5 Å².